The minimum absolute atomic E-state index is 0.0994. The zero-order valence-corrected chi connectivity index (χ0v) is 16.8. The van der Waals surface area contributed by atoms with Gasteiger partial charge in [0.25, 0.3) is 0 Å². The fourth-order valence-corrected chi connectivity index (χ4v) is 3.00. The van der Waals surface area contributed by atoms with Gasteiger partial charge in [0, 0.05) is 37.4 Å². The van der Waals surface area contributed by atoms with Gasteiger partial charge in [-0.05, 0) is 32.3 Å². The van der Waals surface area contributed by atoms with Gasteiger partial charge < -0.3 is 14.4 Å². The fraction of sp³-hybridized carbons (Fsp3) is 0.455. The quantitative estimate of drug-likeness (QED) is 0.598. The number of methoxy groups -OCH3 is 1. The SMILES string of the molecule is COc1c(C)cnc(CN(C)C(=O)CCCOCCc2ccccc2)c1C. The number of hydrogen-bond acceptors (Lipinski definition) is 4. The van der Waals surface area contributed by atoms with Crippen LogP contribution in [0.5, 0.6) is 5.75 Å². The first-order chi connectivity index (χ1) is 13.0. The van der Waals surface area contributed by atoms with Crippen LogP contribution >= 0.6 is 0 Å². The van der Waals surface area contributed by atoms with Crippen molar-refractivity contribution in [3.63, 3.8) is 0 Å². The molecule has 0 saturated heterocycles. The topological polar surface area (TPSA) is 51.7 Å². The Morgan fingerprint density at radius 2 is 1.89 bits per heavy atom. The van der Waals surface area contributed by atoms with Gasteiger partial charge in [0.1, 0.15) is 5.75 Å². The zero-order chi connectivity index (χ0) is 19.6. The molecule has 1 aromatic carbocycles. The van der Waals surface area contributed by atoms with E-state index in [1.54, 1.807) is 18.2 Å². The lowest BCUT2D eigenvalue weighted by Crippen LogP contribution is -2.27. The van der Waals surface area contributed by atoms with Crippen LogP contribution in [-0.4, -0.2) is 43.2 Å². The van der Waals surface area contributed by atoms with E-state index in [9.17, 15) is 4.79 Å². The Bertz CT molecular complexity index is 732. The van der Waals surface area contributed by atoms with E-state index in [1.165, 1.54) is 5.56 Å². The molecule has 0 aliphatic heterocycles. The Balaban J connectivity index is 1.70. The van der Waals surface area contributed by atoms with Gasteiger partial charge in [0.15, 0.2) is 0 Å². The molecule has 0 fully saturated rings. The van der Waals surface area contributed by atoms with Gasteiger partial charge in [0.05, 0.1) is 26.0 Å². The third kappa shape index (κ3) is 6.36. The molecule has 146 valence electrons. The number of pyridine rings is 1. The van der Waals surface area contributed by atoms with Gasteiger partial charge in [-0.15, -0.1) is 0 Å². The summed E-state index contributed by atoms with van der Waals surface area (Å²) in [6, 6.07) is 10.3. The average Bonchev–Trinajstić information content (AvgIpc) is 2.67. The maximum atomic E-state index is 12.3. The van der Waals surface area contributed by atoms with Gasteiger partial charge in [-0.2, -0.15) is 0 Å². The van der Waals surface area contributed by atoms with E-state index in [2.05, 4.69) is 17.1 Å². The van der Waals surface area contributed by atoms with Crippen molar-refractivity contribution in [1.29, 1.82) is 0 Å². The molecule has 27 heavy (non-hydrogen) atoms. The number of hydrogen-bond donors (Lipinski definition) is 0. The summed E-state index contributed by atoms with van der Waals surface area (Å²) in [5.41, 5.74) is 4.12. The molecule has 0 atom stereocenters. The van der Waals surface area contributed by atoms with Gasteiger partial charge >= 0.3 is 0 Å². The van der Waals surface area contributed by atoms with Crippen LogP contribution in [-0.2, 0) is 22.5 Å². The summed E-state index contributed by atoms with van der Waals surface area (Å²) in [5, 5.41) is 0. The number of aromatic nitrogens is 1. The Morgan fingerprint density at radius 3 is 2.59 bits per heavy atom. The highest BCUT2D eigenvalue weighted by Gasteiger charge is 2.14. The van der Waals surface area contributed by atoms with Crippen LogP contribution in [0.25, 0.3) is 0 Å². The smallest absolute Gasteiger partial charge is 0.222 e. The summed E-state index contributed by atoms with van der Waals surface area (Å²) in [7, 11) is 3.47. The summed E-state index contributed by atoms with van der Waals surface area (Å²) >= 11 is 0. The van der Waals surface area contributed by atoms with E-state index in [0.29, 0.717) is 26.2 Å². The molecular formula is C22H30N2O3. The standard InChI is InChI=1S/C22H30N2O3/c1-17-15-23-20(18(2)22(17)26-4)16-24(3)21(25)11-8-13-27-14-12-19-9-6-5-7-10-19/h5-7,9-10,15H,8,11-14,16H2,1-4H3. The summed E-state index contributed by atoms with van der Waals surface area (Å²) in [6.45, 7) is 5.71. The molecular weight excluding hydrogens is 340 g/mol. The maximum absolute atomic E-state index is 12.3. The molecule has 0 radical (unpaired) electrons. The second-order valence-electron chi connectivity index (χ2n) is 6.75. The molecule has 5 heteroatoms. The van der Waals surface area contributed by atoms with Crippen LogP contribution < -0.4 is 4.74 Å². The summed E-state index contributed by atoms with van der Waals surface area (Å²) in [6.07, 6.45) is 3.89. The highest BCUT2D eigenvalue weighted by Crippen LogP contribution is 2.24. The molecule has 0 aliphatic carbocycles. The molecule has 2 rings (SSSR count). The predicted octanol–water partition coefficient (Wildman–Crippen LogP) is 3.70. The first-order valence-corrected chi connectivity index (χ1v) is 9.37. The van der Waals surface area contributed by atoms with Crippen LogP contribution in [0.2, 0.25) is 0 Å². The Kier molecular flexibility index (Phi) is 8.27. The van der Waals surface area contributed by atoms with E-state index in [0.717, 1.165) is 35.4 Å². The van der Waals surface area contributed by atoms with Gasteiger partial charge in [-0.1, -0.05) is 30.3 Å². The second-order valence-corrected chi connectivity index (χ2v) is 6.75. The molecule has 2 aromatic rings. The molecule has 5 nitrogen and oxygen atoms in total. The number of carbonyl (C=O) groups is 1. The van der Waals surface area contributed by atoms with E-state index in [4.69, 9.17) is 9.47 Å². The Hall–Kier alpha value is -2.40. The highest BCUT2D eigenvalue weighted by atomic mass is 16.5. The molecule has 0 unspecified atom stereocenters. The number of aryl methyl sites for hydroxylation is 1. The Labute approximate surface area is 162 Å². The van der Waals surface area contributed by atoms with E-state index in [1.807, 2.05) is 39.1 Å². The van der Waals surface area contributed by atoms with Crippen molar-refractivity contribution in [2.24, 2.45) is 0 Å². The summed E-state index contributed by atoms with van der Waals surface area (Å²) < 4.78 is 11.1. The first kappa shape index (κ1) is 20.9. The van der Waals surface area contributed by atoms with Crippen molar-refractivity contribution in [3.05, 3.63) is 58.9 Å². The minimum Gasteiger partial charge on any atom is -0.496 e. The largest absolute Gasteiger partial charge is 0.496 e. The molecule has 0 saturated carbocycles. The van der Waals surface area contributed by atoms with Crippen LogP contribution in [0, 0.1) is 13.8 Å². The normalized spacial score (nSPS) is 10.7. The van der Waals surface area contributed by atoms with E-state index >= 15 is 0 Å². The second kappa shape index (κ2) is 10.7. The maximum Gasteiger partial charge on any atom is 0.222 e. The lowest BCUT2D eigenvalue weighted by Gasteiger charge is -2.19. The molecule has 1 amide bonds. The number of amides is 1. The van der Waals surface area contributed by atoms with E-state index < -0.39 is 0 Å². The van der Waals surface area contributed by atoms with Crippen molar-refractivity contribution in [1.82, 2.24) is 9.88 Å². The monoisotopic (exact) mass is 370 g/mol. The summed E-state index contributed by atoms with van der Waals surface area (Å²) in [4.78, 5) is 18.5. The van der Waals surface area contributed by atoms with Crippen LogP contribution in [0.4, 0.5) is 0 Å². The van der Waals surface area contributed by atoms with Crippen molar-refractivity contribution < 1.29 is 14.3 Å². The minimum atomic E-state index is 0.0994. The zero-order valence-electron chi connectivity index (χ0n) is 16.8. The molecule has 1 heterocycles. The van der Waals surface area contributed by atoms with E-state index in [-0.39, 0.29) is 5.91 Å². The van der Waals surface area contributed by atoms with Gasteiger partial charge in [-0.25, -0.2) is 0 Å². The number of rotatable bonds is 10. The molecule has 0 bridgehead atoms. The van der Waals surface area contributed by atoms with Crippen LogP contribution in [0.3, 0.4) is 0 Å². The number of ether oxygens (including phenoxy) is 2. The number of nitrogens with zero attached hydrogens (tertiary/aromatic N) is 2. The van der Waals surface area contributed by atoms with Crippen molar-refractivity contribution in [2.45, 2.75) is 39.7 Å². The van der Waals surface area contributed by atoms with Crippen molar-refractivity contribution in [3.8, 4) is 5.75 Å². The number of carbonyl (C=O) groups excluding carboxylic acids is 1. The fourth-order valence-electron chi connectivity index (χ4n) is 3.00. The Morgan fingerprint density at radius 1 is 1.15 bits per heavy atom. The molecule has 0 spiro atoms. The van der Waals surface area contributed by atoms with Crippen molar-refractivity contribution in [2.75, 3.05) is 27.4 Å². The molecule has 1 aromatic heterocycles. The predicted molar refractivity (Wildman–Crippen MR) is 107 cm³/mol. The van der Waals surface area contributed by atoms with Gasteiger partial charge in [0.2, 0.25) is 5.91 Å². The van der Waals surface area contributed by atoms with Crippen molar-refractivity contribution >= 4 is 5.91 Å². The van der Waals surface area contributed by atoms with Crippen LogP contribution in [0.1, 0.15) is 35.2 Å². The summed E-state index contributed by atoms with van der Waals surface area (Å²) in [5.74, 6) is 0.940. The van der Waals surface area contributed by atoms with Crippen LogP contribution in [0.15, 0.2) is 36.5 Å². The lowest BCUT2D eigenvalue weighted by molar-refractivity contribution is -0.130. The first-order valence-electron chi connectivity index (χ1n) is 9.37. The lowest BCUT2D eigenvalue weighted by atomic mass is 10.1. The average molecular weight is 370 g/mol. The molecule has 0 N–H and O–H groups in total. The van der Waals surface area contributed by atoms with Gasteiger partial charge in [-0.3, -0.25) is 9.78 Å². The highest BCUT2D eigenvalue weighted by molar-refractivity contribution is 5.75. The molecule has 0 aliphatic rings. The number of benzene rings is 1. The third-order valence-corrected chi connectivity index (χ3v) is 4.62. The third-order valence-electron chi connectivity index (χ3n) is 4.62.